The van der Waals surface area contributed by atoms with E-state index < -0.39 is 0 Å². The lowest BCUT2D eigenvalue weighted by Gasteiger charge is -2.14. The van der Waals surface area contributed by atoms with Crippen molar-refractivity contribution in [1.29, 1.82) is 0 Å². The van der Waals surface area contributed by atoms with Gasteiger partial charge in [0.05, 0.1) is 6.10 Å². The summed E-state index contributed by atoms with van der Waals surface area (Å²) in [5.74, 6) is 0.828. The Bertz CT molecular complexity index is 288. The van der Waals surface area contributed by atoms with Crippen molar-refractivity contribution in [2.45, 2.75) is 33.3 Å². The molecule has 2 nitrogen and oxygen atoms in total. The highest BCUT2D eigenvalue weighted by molar-refractivity contribution is 6.29. The standard InChI is InChI=1S/C10H14ClNO/c1-4-8(3)13-9-5-10(11)12-6-7(9)2/h5-6,8H,4H2,1-3H3. The number of hydrogen-bond acceptors (Lipinski definition) is 2. The molecule has 0 amide bonds. The summed E-state index contributed by atoms with van der Waals surface area (Å²) >= 11 is 5.75. The minimum absolute atomic E-state index is 0.220. The molecule has 0 saturated heterocycles. The molecule has 0 bridgehead atoms. The van der Waals surface area contributed by atoms with Gasteiger partial charge < -0.3 is 4.74 Å². The fourth-order valence-electron chi connectivity index (χ4n) is 0.908. The van der Waals surface area contributed by atoms with Crippen LogP contribution in [0.2, 0.25) is 5.15 Å². The summed E-state index contributed by atoms with van der Waals surface area (Å²) in [5, 5.41) is 0.476. The van der Waals surface area contributed by atoms with E-state index in [1.807, 2.05) is 13.8 Å². The van der Waals surface area contributed by atoms with Gasteiger partial charge in [-0.15, -0.1) is 0 Å². The number of aromatic nitrogens is 1. The Balaban J connectivity index is 2.81. The maximum Gasteiger partial charge on any atom is 0.132 e. The molecule has 0 aliphatic rings. The van der Waals surface area contributed by atoms with Crippen LogP contribution in [0.3, 0.4) is 0 Å². The van der Waals surface area contributed by atoms with Crippen LogP contribution in [0.15, 0.2) is 12.3 Å². The fourth-order valence-corrected chi connectivity index (χ4v) is 1.06. The van der Waals surface area contributed by atoms with Crippen molar-refractivity contribution in [2.24, 2.45) is 0 Å². The van der Waals surface area contributed by atoms with Crippen molar-refractivity contribution in [1.82, 2.24) is 4.98 Å². The zero-order valence-electron chi connectivity index (χ0n) is 8.17. The molecule has 3 heteroatoms. The summed E-state index contributed by atoms with van der Waals surface area (Å²) in [5.41, 5.74) is 1.02. The second-order valence-corrected chi connectivity index (χ2v) is 3.50. The van der Waals surface area contributed by atoms with Crippen LogP contribution in [0.4, 0.5) is 0 Å². The van der Waals surface area contributed by atoms with E-state index in [9.17, 15) is 0 Å². The summed E-state index contributed by atoms with van der Waals surface area (Å²) in [6.45, 7) is 6.08. The summed E-state index contributed by atoms with van der Waals surface area (Å²) in [6.07, 6.45) is 2.93. The molecule has 0 saturated carbocycles. The van der Waals surface area contributed by atoms with Crippen LogP contribution in [-0.2, 0) is 0 Å². The summed E-state index contributed by atoms with van der Waals surface area (Å²) in [4.78, 5) is 3.96. The fraction of sp³-hybridized carbons (Fsp3) is 0.500. The van der Waals surface area contributed by atoms with Gasteiger partial charge in [-0.2, -0.15) is 0 Å². The van der Waals surface area contributed by atoms with Gasteiger partial charge in [0.2, 0.25) is 0 Å². The largest absolute Gasteiger partial charge is 0.490 e. The van der Waals surface area contributed by atoms with Gasteiger partial charge in [-0.1, -0.05) is 18.5 Å². The number of rotatable bonds is 3. The normalized spacial score (nSPS) is 12.6. The van der Waals surface area contributed by atoms with Crippen LogP contribution < -0.4 is 4.74 Å². The molecule has 1 heterocycles. The van der Waals surface area contributed by atoms with Crippen molar-refractivity contribution >= 4 is 11.6 Å². The van der Waals surface area contributed by atoms with E-state index in [2.05, 4.69) is 11.9 Å². The first-order chi connectivity index (χ1) is 6.13. The lowest BCUT2D eigenvalue weighted by molar-refractivity contribution is 0.216. The number of ether oxygens (including phenoxy) is 1. The Morgan fingerprint density at radius 2 is 2.31 bits per heavy atom. The van der Waals surface area contributed by atoms with E-state index in [-0.39, 0.29) is 6.10 Å². The van der Waals surface area contributed by atoms with Crippen LogP contribution in [0.1, 0.15) is 25.8 Å². The van der Waals surface area contributed by atoms with Crippen molar-refractivity contribution in [2.75, 3.05) is 0 Å². The third kappa shape index (κ3) is 2.88. The molecule has 0 aromatic carbocycles. The average Bonchev–Trinajstić information content (AvgIpc) is 2.11. The van der Waals surface area contributed by atoms with Crippen LogP contribution in [0.25, 0.3) is 0 Å². The molecule has 0 radical (unpaired) electrons. The highest BCUT2D eigenvalue weighted by atomic mass is 35.5. The Morgan fingerprint density at radius 3 is 2.92 bits per heavy atom. The minimum atomic E-state index is 0.220. The average molecular weight is 200 g/mol. The number of hydrogen-bond donors (Lipinski definition) is 0. The van der Waals surface area contributed by atoms with E-state index in [1.54, 1.807) is 12.3 Å². The van der Waals surface area contributed by atoms with E-state index in [1.165, 1.54) is 0 Å². The Hall–Kier alpha value is -0.760. The first kappa shape index (κ1) is 10.3. The third-order valence-electron chi connectivity index (χ3n) is 1.92. The Labute approximate surface area is 83.9 Å². The lowest BCUT2D eigenvalue weighted by atomic mass is 10.2. The minimum Gasteiger partial charge on any atom is -0.490 e. The molecule has 1 rings (SSSR count). The van der Waals surface area contributed by atoms with E-state index >= 15 is 0 Å². The van der Waals surface area contributed by atoms with Crippen molar-refractivity contribution in [3.63, 3.8) is 0 Å². The number of halogens is 1. The topological polar surface area (TPSA) is 22.1 Å². The summed E-state index contributed by atoms with van der Waals surface area (Å²) in [7, 11) is 0. The maximum atomic E-state index is 5.75. The van der Waals surface area contributed by atoms with Gasteiger partial charge in [-0.3, -0.25) is 0 Å². The molecule has 1 atom stereocenters. The monoisotopic (exact) mass is 199 g/mol. The molecular formula is C10H14ClNO. The van der Waals surface area contributed by atoms with Gasteiger partial charge in [-0.25, -0.2) is 4.98 Å². The highest BCUT2D eigenvalue weighted by Crippen LogP contribution is 2.21. The van der Waals surface area contributed by atoms with Crippen LogP contribution in [-0.4, -0.2) is 11.1 Å². The molecule has 1 aromatic rings. The molecular weight excluding hydrogens is 186 g/mol. The number of aryl methyl sites for hydroxylation is 1. The SMILES string of the molecule is CCC(C)Oc1cc(Cl)ncc1C. The summed E-state index contributed by atoms with van der Waals surface area (Å²) < 4.78 is 5.65. The van der Waals surface area contributed by atoms with Gasteiger partial charge in [-0.05, 0) is 20.3 Å². The van der Waals surface area contributed by atoms with Gasteiger partial charge in [0.15, 0.2) is 0 Å². The zero-order valence-corrected chi connectivity index (χ0v) is 8.93. The Kier molecular flexibility index (Phi) is 3.55. The smallest absolute Gasteiger partial charge is 0.132 e. The molecule has 72 valence electrons. The quantitative estimate of drug-likeness (QED) is 0.698. The van der Waals surface area contributed by atoms with Crippen molar-refractivity contribution < 1.29 is 4.74 Å². The second kappa shape index (κ2) is 4.47. The highest BCUT2D eigenvalue weighted by Gasteiger charge is 2.05. The molecule has 1 aromatic heterocycles. The maximum absolute atomic E-state index is 5.75. The van der Waals surface area contributed by atoms with Gasteiger partial charge >= 0.3 is 0 Å². The van der Waals surface area contributed by atoms with Crippen LogP contribution >= 0.6 is 11.6 Å². The van der Waals surface area contributed by atoms with Crippen LogP contribution in [0, 0.1) is 6.92 Å². The number of pyridine rings is 1. The molecule has 1 unspecified atom stereocenters. The van der Waals surface area contributed by atoms with Crippen LogP contribution in [0.5, 0.6) is 5.75 Å². The molecule has 0 spiro atoms. The van der Waals surface area contributed by atoms with E-state index in [4.69, 9.17) is 16.3 Å². The lowest BCUT2D eigenvalue weighted by Crippen LogP contribution is -2.10. The number of nitrogens with zero attached hydrogens (tertiary/aromatic N) is 1. The molecule has 13 heavy (non-hydrogen) atoms. The molecule has 0 fully saturated rings. The van der Waals surface area contributed by atoms with Crippen molar-refractivity contribution in [3.8, 4) is 5.75 Å². The van der Waals surface area contributed by atoms with Crippen molar-refractivity contribution in [3.05, 3.63) is 23.0 Å². The van der Waals surface area contributed by atoms with E-state index in [0.29, 0.717) is 5.15 Å². The zero-order chi connectivity index (χ0) is 9.84. The van der Waals surface area contributed by atoms with Gasteiger partial charge in [0.25, 0.3) is 0 Å². The molecule has 0 aliphatic heterocycles. The predicted molar refractivity (Wildman–Crippen MR) is 54.4 cm³/mol. The first-order valence-electron chi connectivity index (χ1n) is 4.42. The third-order valence-corrected chi connectivity index (χ3v) is 2.13. The second-order valence-electron chi connectivity index (χ2n) is 3.11. The first-order valence-corrected chi connectivity index (χ1v) is 4.80. The molecule has 0 N–H and O–H groups in total. The predicted octanol–water partition coefficient (Wildman–Crippen LogP) is 3.22. The van der Waals surface area contributed by atoms with Gasteiger partial charge in [0, 0.05) is 17.8 Å². The summed E-state index contributed by atoms with van der Waals surface area (Å²) in [6, 6.07) is 1.75. The molecule has 0 aliphatic carbocycles. The van der Waals surface area contributed by atoms with E-state index in [0.717, 1.165) is 17.7 Å². The van der Waals surface area contributed by atoms with Gasteiger partial charge in [0.1, 0.15) is 10.9 Å². The Morgan fingerprint density at radius 1 is 1.62 bits per heavy atom.